The number of hydrogen-bond acceptors (Lipinski definition) is 5. The Morgan fingerprint density at radius 3 is 2.52 bits per heavy atom. The summed E-state index contributed by atoms with van der Waals surface area (Å²) < 4.78 is 10.8. The number of nitrogens with zero attached hydrogens (tertiary/aromatic N) is 2. The van der Waals surface area contributed by atoms with Gasteiger partial charge in [0.1, 0.15) is 0 Å². The van der Waals surface area contributed by atoms with E-state index < -0.39 is 12.0 Å². The molecule has 2 atom stereocenters. The summed E-state index contributed by atoms with van der Waals surface area (Å²) in [7, 11) is 4.83. The van der Waals surface area contributed by atoms with Crippen LogP contribution < -0.4 is 14.8 Å². The second-order valence-electron chi connectivity index (χ2n) is 7.27. The van der Waals surface area contributed by atoms with Crippen molar-refractivity contribution in [3.05, 3.63) is 83.7 Å². The first-order valence-corrected chi connectivity index (χ1v) is 9.84. The minimum absolute atomic E-state index is 0.138. The second kappa shape index (κ2) is 8.47. The lowest BCUT2D eigenvalue weighted by Crippen LogP contribution is -2.44. The third-order valence-electron chi connectivity index (χ3n) is 5.54. The highest BCUT2D eigenvalue weighted by Crippen LogP contribution is 2.44. The van der Waals surface area contributed by atoms with E-state index in [4.69, 9.17) is 9.47 Å². The van der Waals surface area contributed by atoms with Gasteiger partial charge in [0.15, 0.2) is 11.5 Å². The molecule has 7 nitrogen and oxygen atoms in total. The molecule has 31 heavy (non-hydrogen) atoms. The summed E-state index contributed by atoms with van der Waals surface area (Å²) in [6.07, 6.45) is 3.23. The van der Waals surface area contributed by atoms with Gasteiger partial charge in [-0.1, -0.05) is 24.3 Å². The van der Waals surface area contributed by atoms with Gasteiger partial charge in [-0.25, -0.2) is 0 Å². The molecule has 1 aliphatic heterocycles. The Morgan fingerprint density at radius 2 is 1.81 bits per heavy atom. The highest BCUT2D eigenvalue weighted by Gasteiger charge is 2.42. The molecule has 7 heteroatoms. The Labute approximate surface area is 180 Å². The van der Waals surface area contributed by atoms with Crippen molar-refractivity contribution in [1.82, 2.24) is 9.88 Å². The number of ether oxygens (including phenoxy) is 2. The van der Waals surface area contributed by atoms with Gasteiger partial charge < -0.3 is 19.7 Å². The Hall–Kier alpha value is -3.87. The second-order valence-corrected chi connectivity index (χ2v) is 7.27. The first-order valence-electron chi connectivity index (χ1n) is 9.84. The van der Waals surface area contributed by atoms with Crippen LogP contribution in [0.2, 0.25) is 0 Å². The number of nitrogens with one attached hydrogen (secondary N) is 1. The van der Waals surface area contributed by atoms with E-state index >= 15 is 0 Å². The topological polar surface area (TPSA) is 80.8 Å². The molecule has 0 aliphatic carbocycles. The maximum atomic E-state index is 13.5. The molecule has 1 aromatic heterocycles. The van der Waals surface area contributed by atoms with E-state index in [0.717, 1.165) is 5.56 Å². The lowest BCUT2D eigenvalue weighted by molar-refractivity contribution is -0.119. The summed E-state index contributed by atoms with van der Waals surface area (Å²) >= 11 is 0. The zero-order chi connectivity index (χ0) is 22.0. The molecule has 0 saturated heterocycles. The summed E-state index contributed by atoms with van der Waals surface area (Å²) in [6, 6.07) is 15.7. The summed E-state index contributed by atoms with van der Waals surface area (Å²) in [5.74, 6) is 0.122. The van der Waals surface area contributed by atoms with Crippen molar-refractivity contribution in [1.29, 1.82) is 0 Å². The summed E-state index contributed by atoms with van der Waals surface area (Å²) in [6.45, 7) is 0. The van der Waals surface area contributed by atoms with Crippen molar-refractivity contribution in [2.45, 2.75) is 12.0 Å². The molecule has 2 aromatic carbocycles. The SMILES string of the molecule is COc1ccc([C@@H]2[C@H](C(=O)Nc3cccnc3)c3ccccc3C(=O)N2C)cc1OC. The van der Waals surface area contributed by atoms with Gasteiger partial charge in [-0.05, 0) is 41.5 Å². The minimum Gasteiger partial charge on any atom is -0.493 e. The van der Waals surface area contributed by atoms with Gasteiger partial charge >= 0.3 is 0 Å². The number of anilines is 1. The molecule has 3 aromatic rings. The molecule has 158 valence electrons. The van der Waals surface area contributed by atoms with Crippen molar-refractivity contribution >= 4 is 17.5 Å². The number of carbonyl (C=O) groups excluding carboxylic acids is 2. The van der Waals surface area contributed by atoms with Crippen molar-refractivity contribution in [3.8, 4) is 11.5 Å². The Balaban J connectivity index is 1.83. The zero-order valence-corrected chi connectivity index (χ0v) is 17.5. The predicted molar refractivity (Wildman–Crippen MR) is 116 cm³/mol. The normalized spacial score (nSPS) is 17.6. The summed E-state index contributed by atoms with van der Waals surface area (Å²) in [5, 5.41) is 2.94. The third-order valence-corrected chi connectivity index (χ3v) is 5.54. The maximum absolute atomic E-state index is 13.5. The average molecular weight is 417 g/mol. The van der Waals surface area contributed by atoms with Crippen LogP contribution in [0.15, 0.2) is 67.0 Å². The molecular weight excluding hydrogens is 394 g/mol. The molecule has 1 N–H and O–H groups in total. The number of hydrogen-bond donors (Lipinski definition) is 1. The molecule has 1 aliphatic rings. The van der Waals surface area contributed by atoms with E-state index in [-0.39, 0.29) is 11.8 Å². The molecule has 2 heterocycles. The summed E-state index contributed by atoms with van der Waals surface area (Å²) in [5.41, 5.74) is 2.57. The van der Waals surface area contributed by atoms with Gasteiger partial charge in [0, 0.05) is 18.8 Å². The number of carbonyl (C=O) groups is 2. The number of likely N-dealkylation sites (N-methyl/N-ethyl adjacent to an activating group) is 1. The van der Waals surface area contributed by atoms with Crippen molar-refractivity contribution in [2.24, 2.45) is 0 Å². The predicted octanol–water partition coefficient (Wildman–Crippen LogP) is 3.65. The lowest BCUT2D eigenvalue weighted by atomic mass is 9.79. The minimum atomic E-state index is -0.628. The van der Waals surface area contributed by atoms with Gasteiger partial charge in [-0.15, -0.1) is 0 Å². The van der Waals surface area contributed by atoms with Crippen LogP contribution in [0, 0.1) is 0 Å². The molecule has 4 rings (SSSR count). The number of methoxy groups -OCH3 is 2. The molecular formula is C24H23N3O4. The first-order chi connectivity index (χ1) is 15.0. The van der Waals surface area contributed by atoms with Crippen LogP contribution in [0.4, 0.5) is 5.69 Å². The van der Waals surface area contributed by atoms with E-state index in [0.29, 0.717) is 28.3 Å². The third kappa shape index (κ3) is 3.70. The highest BCUT2D eigenvalue weighted by molar-refractivity contribution is 6.04. The molecule has 2 amide bonds. The standard InChI is InChI=1S/C24H23N3O4/c1-27-22(15-10-11-19(30-2)20(13-15)31-3)21(17-8-4-5-9-18(17)24(27)29)23(28)26-16-7-6-12-25-14-16/h4-14,21-22H,1-3H3,(H,26,28)/t21-,22-/m1/s1. The van der Waals surface area contributed by atoms with Gasteiger partial charge in [-0.3, -0.25) is 14.6 Å². The van der Waals surface area contributed by atoms with Crippen molar-refractivity contribution < 1.29 is 19.1 Å². The Bertz CT molecular complexity index is 1120. The number of rotatable bonds is 5. The largest absolute Gasteiger partial charge is 0.493 e. The van der Waals surface area contributed by atoms with Gasteiger partial charge in [0.2, 0.25) is 5.91 Å². The molecule has 0 bridgehead atoms. The van der Waals surface area contributed by atoms with Crippen molar-refractivity contribution in [3.63, 3.8) is 0 Å². The molecule has 0 fully saturated rings. The molecule has 0 radical (unpaired) electrons. The first kappa shape index (κ1) is 20.4. The van der Waals surface area contributed by atoms with E-state index in [1.165, 1.54) is 0 Å². The quantitative estimate of drug-likeness (QED) is 0.685. The van der Waals surface area contributed by atoms with E-state index in [9.17, 15) is 9.59 Å². The Kier molecular flexibility index (Phi) is 5.58. The zero-order valence-electron chi connectivity index (χ0n) is 17.5. The smallest absolute Gasteiger partial charge is 0.254 e. The number of aromatic nitrogens is 1. The number of fused-ring (bicyclic) bond motifs is 1. The van der Waals surface area contributed by atoms with Crippen LogP contribution in [0.3, 0.4) is 0 Å². The van der Waals surface area contributed by atoms with E-state index in [1.54, 1.807) is 68.9 Å². The number of amides is 2. The Morgan fingerprint density at radius 1 is 1.03 bits per heavy atom. The van der Waals surface area contributed by atoms with Crippen LogP contribution in [0.1, 0.15) is 33.4 Å². The number of benzene rings is 2. The average Bonchev–Trinajstić information content (AvgIpc) is 2.81. The molecule has 0 saturated carbocycles. The fraction of sp³-hybridized carbons (Fsp3) is 0.208. The lowest BCUT2D eigenvalue weighted by Gasteiger charge is -2.39. The van der Waals surface area contributed by atoms with Crippen LogP contribution in [0.5, 0.6) is 11.5 Å². The highest BCUT2D eigenvalue weighted by atomic mass is 16.5. The van der Waals surface area contributed by atoms with Gasteiger partial charge in [0.05, 0.1) is 38.1 Å². The molecule has 0 unspecified atom stereocenters. The fourth-order valence-electron chi connectivity index (χ4n) is 4.07. The van der Waals surface area contributed by atoms with Crippen LogP contribution >= 0.6 is 0 Å². The monoisotopic (exact) mass is 417 g/mol. The van der Waals surface area contributed by atoms with Gasteiger partial charge in [0.25, 0.3) is 5.91 Å². The fourth-order valence-corrected chi connectivity index (χ4v) is 4.07. The van der Waals surface area contributed by atoms with E-state index in [1.807, 2.05) is 24.3 Å². The van der Waals surface area contributed by atoms with Gasteiger partial charge in [-0.2, -0.15) is 0 Å². The van der Waals surface area contributed by atoms with Crippen LogP contribution in [-0.4, -0.2) is 43.0 Å². The summed E-state index contributed by atoms with van der Waals surface area (Å²) in [4.78, 5) is 32.3. The molecule has 0 spiro atoms. The maximum Gasteiger partial charge on any atom is 0.254 e. The van der Waals surface area contributed by atoms with Crippen LogP contribution in [0.25, 0.3) is 0 Å². The van der Waals surface area contributed by atoms with Crippen LogP contribution in [-0.2, 0) is 4.79 Å². The van der Waals surface area contributed by atoms with E-state index in [2.05, 4.69) is 10.3 Å². The van der Waals surface area contributed by atoms with Crippen molar-refractivity contribution in [2.75, 3.05) is 26.6 Å². The number of pyridine rings is 1.